The number of anilines is 3. The standard InChI is InChI=1S/C13H11N3O5/c17-13(14-10-4-2-1-3-5-10)9-6-11(15(18)19)8-12(7-9)16(20)21/h1-8,18-19H,(H,14,17)/q-2. The zero-order valence-corrected chi connectivity index (χ0v) is 10.6. The largest absolute Gasteiger partial charge is 0.769 e. The van der Waals surface area contributed by atoms with Crippen LogP contribution in [0.1, 0.15) is 10.4 Å². The lowest BCUT2D eigenvalue weighted by Gasteiger charge is -2.38. The highest BCUT2D eigenvalue weighted by Crippen LogP contribution is 2.24. The van der Waals surface area contributed by atoms with Gasteiger partial charge in [0.15, 0.2) is 0 Å². The summed E-state index contributed by atoms with van der Waals surface area (Å²) in [5, 5.41) is 41.1. The molecule has 0 spiro atoms. The maximum atomic E-state index is 12.0. The van der Waals surface area contributed by atoms with Gasteiger partial charge in [-0.05, 0) is 30.3 Å². The smallest absolute Gasteiger partial charge is 0.255 e. The number of rotatable bonds is 4. The Bertz CT molecular complexity index is 605. The molecule has 0 aliphatic carbocycles. The molecule has 0 aliphatic heterocycles. The molecule has 0 bridgehead atoms. The van der Waals surface area contributed by atoms with Crippen molar-refractivity contribution in [2.75, 3.05) is 15.8 Å². The van der Waals surface area contributed by atoms with Gasteiger partial charge in [-0.2, -0.15) is 0 Å². The van der Waals surface area contributed by atoms with Crippen LogP contribution in [0.5, 0.6) is 0 Å². The molecule has 8 heteroatoms. The maximum absolute atomic E-state index is 12.0. The van der Waals surface area contributed by atoms with Crippen molar-refractivity contribution >= 4 is 23.0 Å². The first-order valence-corrected chi connectivity index (χ1v) is 5.81. The fraction of sp³-hybridized carbons (Fsp3) is 0. The maximum Gasteiger partial charge on any atom is 0.255 e. The molecule has 0 heterocycles. The Morgan fingerprint density at radius 1 is 1.00 bits per heavy atom. The average molecular weight is 289 g/mol. The quantitative estimate of drug-likeness (QED) is 0.738. The third kappa shape index (κ3) is 3.68. The summed E-state index contributed by atoms with van der Waals surface area (Å²) < 4.78 is 0. The normalized spacial score (nSPS) is 10.1. The van der Waals surface area contributed by atoms with Crippen molar-refractivity contribution in [1.29, 1.82) is 0 Å². The van der Waals surface area contributed by atoms with E-state index in [-0.39, 0.29) is 16.5 Å². The number of nitrogens with zero attached hydrogens (tertiary/aromatic N) is 2. The van der Waals surface area contributed by atoms with Gasteiger partial charge in [0.25, 0.3) is 5.91 Å². The molecule has 2 aromatic rings. The highest BCUT2D eigenvalue weighted by atomic mass is 16.8. The number of hydrogen-bond acceptors (Lipinski definition) is 7. The predicted molar refractivity (Wildman–Crippen MR) is 76.1 cm³/mol. The van der Waals surface area contributed by atoms with Gasteiger partial charge >= 0.3 is 0 Å². The molecule has 8 nitrogen and oxygen atoms in total. The molecule has 0 aliphatic rings. The lowest BCUT2D eigenvalue weighted by atomic mass is 10.1. The lowest BCUT2D eigenvalue weighted by Crippen LogP contribution is -2.16. The molecule has 0 fully saturated rings. The predicted octanol–water partition coefficient (Wildman–Crippen LogP) is 2.33. The highest BCUT2D eigenvalue weighted by molar-refractivity contribution is 6.05. The van der Waals surface area contributed by atoms with Gasteiger partial charge in [-0.25, -0.2) is 0 Å². The molecule has 0 aromatic heterocycles. The van der Waals surface area contributed by atoms with E-state index in [1.807, 2.05) is 0 Å². The van der Waals surface area contributed by atoms with E-state index in [1.54, 1.807) is 30.3 Å². The van der Waals surface area contributed by atoms with Crippen LogP contribution >= 0.6 is 0 Å². The second-order valence-corrected chi connectivity index (χ2v) is 4.10. The van der Waals surface area contributed by atoms with Gasteiger partial charge in [-0.3, -0.25) is 15.2 Å². The molecule has 110 valence electrons. The molecule has 0 atom stereocenters. The summed E-state index contributed by atoms with van der Waals surface area (Å²) in [6.45, 7) is 0. The van der Waals surface area contributed by atoms with Crippen molar-refractivity contribution in [2.45, 2.75) is 0 Å². The minimum Gasteiger partial charge on any atom is -0.769 e. The van der Waals surface area contributed by atoms with Crippen LogP contribution in [0.2, 0.25) is 0 Å². The Kier molecular flexibility index (Phi) is 4.36. The van der Waals surface area contributed by atoms with Crippen LogP contribution in [0.4, 0.5) is 17.1 Å². The Morgan fingerprint density at radius 2 is 1.62 bits per heavy atom. The first-order chi connectivity index (χ1) is 9.97. The number of hydrogen-bond donors (Lipinski definition) is 3. The molecule has 1 amide bonds. The molecule has 2 rings (SSSR count). The SMILES string of the molecule is O=C(Nc1ccccc1)c1cc(N([O-])[O-])cc(N(O)O)c1. The number of amides is 1. The van der Waals surface area contributed by atoms with Crippen LogP contribution in [-0.4, -0.2) is 16.3 Å². The van der Waals surface area contributed by atoms with Gasteiger partial charge in [-0.15, -0.1) is 5.23 Å². The van der Waals surface area contributed by atoms with Crippen LogP contribution in [-0.2, 0) is 0 Å². The fourth-order valence-electron chi connectivity index (χ4n) is 1.67. The second-order valence-electron chi connectivity index (χ2n) is 4.10. The highest BCUT2D eigenvalue weighted by Gasteiger charge is 2.11. The van der Waals surface area contributed by atoms with E-state index in [0.29, 0.717) is 5.69 Å². The van der Waals surface area contributed by atoms with Crippen LogP contribution in [0, 0.1) is 10.4 Å². The second kappa shape index (κ2) is 6.20. The molecule has 21 heavy (non-hydrogen) atoms. The summed E-state index contributed by atoms with van der Waals surface area (Å²) in [6.07, 6.45) is 0. The number of benzene rings is 2. The molecule has 0 radical (unpaired) electrons. The molecule has 0 saturated carbocycles. The molecule has 0 unspecified atom stereocenters. The molecule has 2 aromatic carbocycles. The van der Waals surface area contributed by atoms with Gasteiger partial charge in [-0.1, -0.05) is 18.2 Å². The Labute approximate surface area is 119 Å². The zero-order chi connectivity index (χ0) is 15.4. The Morgan fingerprint density at radius 3 is 2.19 bits per heavy atom. The third-order valence-corrected chi connectivity index (χ3v) is 2.64. The molecule has 3 N–H and O–H groups in total. The van der Waals surface area contributed by atoms with E-state index >= 15 is 0 Å². The molecular weight excluding hydrogens is 278 g/mol. The zero-order valence-electron chi connectivity index (χ0n) is 10.6. The van der Waals surface area contributed by atoms with Crippen LogP contribution in [0.15, 0.2) is 48.5 Å². The topological polar surface area (TPSA) is 122 Å². The Hall–Kier alpha value is -2.65. The van der Waals surface area contributed by atoms with Gasteiger partial charge in [0.05, 0.1) is 5.69 Å². The summed E-state index contributed by atoms with van der Waals surface area (Å²) in [7, 11) is 0. The number of carbonyl (C=O) groups excluding carboxylic acids is 1. The van der Waals surface area contributed by atoms with Crippen molar-refractivity contribution in [3.63, 3.8) is 0 Å². The van der Waals surface area contributed by atoms with E-state index in [1.165, 1.54) is 0 Å². The number of nitrogens with one attached hydrogen (secondary N) is 1. The van der Waals surface area contributed by atoms with E-state index in [2.05, 4.69) is 5.32 Å². The van der Waals surface area contributed by atoms with Gasteiger partial charge in [0, 0.05) is 16.9 Å². The summed E-state index contributed by atoms with van der Waals surface area (Å²) in [6, 6.07) is 11.6. The van der Waals surface area contributed by atoms with Crippen molar-refractivity contribution in [3.8, 4) is 0 Å². The van der Waals surface area contributed by atoms with Gasteiger partial charge in [0.1, 0.15) is 0 Å². The van der Waals surface area contributed by atoms with Crippen molar-refractivity contribution < 1.29 is 15.2 Å². The summed E-state index contributed by atoms with van der Waals surface area (Å²) in [4.78, 5) is 12.0. The van der Waals surface area contributed by atoms with Crippen LogP contribution in [0.3, 0.4) is 0 Å². The van der Waals surface area contributed by atoms with Crippen LogP contribution < -0.4 is 15.8 Å². The summed E-state index contributed by atoms with van der Waals surface area (Å²) in [5.74, 6) is -0.604. The van der Waals surface area contributed by atoms with Gasteiger partial charge < -0.3 is 21.0 Å². The summed E-state index contributed by atoms with van der Waals surface area (Å²) >= 11 is 0. The lowest BCUT2D eigenvalue weighted by molar-refractivity contribution is 0.0291. The molecular formula is C13H11N3O5-2. The van der Waals surface area contributed by atoms with Crippen LogP contribution in [0.25, 0.3) is 0 Å². The molecule has 0 saturated heterocycles. The minimum atomic E-state index is -0.730. The van der Waals surface area contributed by atoms with E-state index in [0.717, 1.165) is 18.2 Å². The van der Waals surface area contributed by atoms with Crippen molar-refractivity contribution in [1.82, 2.24) is 0 Å². The fourth-order valence-corrected chi connectivity index (χ4v) is 1.67. The van der Waals surface area contributed by atoms with E-state index < -0.39 is 16.8 Å². The first-order valence-electron chi connectivity index (χ1n) is 5.81. The van der Waals surface area contributed by atoms with Crippen molar-refractivity contribution in [2.24, 2.45) is 0 Å². The van der Waals surface area contributed by atoms with E-state index in [9.17, 15) is 15.2 Å². The number of carbonyl (C=O) groups is 1. The Balaban J connectivity index is 2.31. The first kappa shape index (κ1) is 14.8. The summed E-state index contributed by atoms with van der Waals surface area (Å²) in [5.41, 5.74) is -0.280. The number of para-hydroxylation sites is 1. The van der Waals surface area contributed by atoms with E-state index in [4.69, 9.17) is 10.4 Å². The monoisotopic (exact) mass is 289 g/mol. The minimum absolute atomic E-state index is 0.0730. The third-order valence-electron chi connectivity index (χ3n) is 2.64. The van der Waals surface area contributed by atoms with Gasteiger partial charge in [0.2, 0.25) is 0 Å². The average Bonchev–Trinajstić information content (AvgIpc) is 2.47. The van der Waals surface area contributed by atoms with Crippen molar-refractivity contribution in [3.05, 3.63) is 64.5 Å².